The van der Waals surface area contributed by atoms with Gasteiger partial charge in [0.2, 0.25) is 5.91 Å². The van der Waals surface area contributed by atoms with Gasteiger partial charge in [0, 0.05) is 5.56 Å². The van der Waals surface area contributed by atoms with Gasteiger partial charge in [-0.1, -0.05) is 93.3 Å². The van der Waals surface area contributed by atoms with E-state index in [0.717, 1.165) is 29.7 Å². The second-order valence-electron chi connectivity index (χ2n) is 8.44. The number of thiocarbonyl (C=S) groups is 1. The number of amides is 2. The van der Waals surface area contributed by atoms with Crippen LogP contribution >= 0.6 is 12.2 Å². The fourth-order valence-corrected chi connectivity index (χ4v) is 3.93. The molecule has 188 valence electrons. The molecule has 2 amide bonds. The van der Waals surface area contributed by atoms with E-state index >= 15 is 0 Å². The largest absolute Gasteiger partial charge is 0.494 e. The van der Waals surface area contributed by atoms with E-state index in [1.165, 1.54) is 19.3 Å². The summed E-state index contributed by atoms with van der Waals surface area (Å²) in [6.45, 7) is 2.86. The highest BCUT2D eigenvalue weighted by molar-refractivity contribution is 7.80. The smallest absolute Gasteiger partial charge is 0.257 e. The van der Waals surface area contributed by atoms with Gasteiger partial charge in [-0.25, -0.2) is 0 Å². The van der Waals surface area contributed by atoms with Crippen molar-refractivity contribution in [1.29, 1.82) is 0 Å². The SMILES string of the molecule is CCCCCCCOc1ccc(C(=O)NC(=S)NNC(=O)C(c2ccccc2)c2ccccc2)cc1. The van der Waals surface area contributed by atoms with Gasteiger partial charge in [-0.2, -0.15) is 0 Å². The van der Waals surface area contributed by atoms with Gasteiger partial charge >= 0.3 is 0 Å². The predicted octanol–water partition coefficient (Wildman–Crippen LogP) is 5.50. The number of ether oxygens (including phenoxy) is 1. The number of hydrazine groups is 1. The van der Waals surface area contributed by atoms with Crippen molar-refractivity contribution in [3.05, 3.63) is 102 Å². The Morgan fingerprint density at radius 1 is 0.778 bits per heavy atom. The Kier molecular flexibility index (Phi) is 10.9. The minimum absolute atomic E-state index is 0.000583. The molecule has 0 atom stereocenters. The van der Waals surface area contributed by atoms with Crippen molar-refractivity contribution in [1.82, 2.24) is 16.2 Å². The minimum Gasteiger partial charge on any atom is -0.494 e. The molecule has 0 saturated heterocycles. The van der Waals surface area contributed by atoms with Gasteiger partial charge in [0.1, 0.15) is 5.75 Å². The summed E-state index contributed by atoms with van der Waals surface area (Å²) in [6, 6.07) is 25.9. The molecule has 0 aromatic heterocycles. The van der Waals surface area contributed by atoms with Crippen molar-refractivity contribution in [3.8, 4) is 5.75 Å². The number of hydrogen-bond acceptors (Lipinski definition) is 4. The number of unbranched alkanes of at least 4 members (excludes halogenated alkanes) is 4. The van der Waals surface area contributed by atoms with Gasteiger partial charge in [-0.05, 0) is 54.0 Å². The number of nitrogens with one attached hydrogen (secondary N) is 3. The third-order valence-corrected chi connectivity index (χ3v) is 5.89. The van der Waals surface area contributed by atoms with Crippen LogP contribution in [-0.4, -0.2) is 23.5 Å². The molecule has 3 N–H and O–H groups in total. The summed E-state index contributed by atoms with van der Waals surface area (Å²) in [7, 11) is 0. The van der Waals surface area contributed by atoms with E-state index in [4.69, 9.17) is 17.0 Å². The van der Waals surface area contributed by atoms with Crippen molar-refractivity contribution in [3.63, 3.8) is 0 Å². The van der Waals surface area contributed by atoms with Gasteiger partial charge in [0.15, 0.2) is 5.11 Å². The summed E-state index contributed by atoms with van der Waals surface area (Å²) in [6.07, 6.45) is 5.88. The lowest BCUT2D eigenvalue weighted by molar-refractivity contribution is -0.122. The Balaban J connectivity index is 1.49. The van der Waals surface area contributed by atoms with Crippen LogP contribution in [0.1, 0.15) is 66.4 Å². The molecule has 0 aliphatic carbocycles. The van der Waals surface area contributed by atoms with Gasteiger partial charge < -0.3 is 4.74 Å². The highest BCUT2D eigenvalue weighted by atomic mass is 32.1. The zero-order valence-corrected chi connectivity index (χ0v) is 21.4. The van der Waals surface area contributed by atoms with Crippen LogP contribution in [0.2, 0.25) is 0 Å². The maximum atomic E-state index is 13.0. The van der Waals surface area contributed by atoms with Crippen LogP contribution in [0, 0.1) is 0 Å². The second kappa shape index (κ2) is 14.6. The third-order valence-electron chi connectivity index (χ3n) is 5.69. The highest BCUT2D eigenvalue weighted by Crippen LogP contribution is 2.24. The summed E-state index contributed by atoms with van der Waals surface area (Å²) in [4.78, 5) is 25.6. The van der Waals surface area contributed by atoms with Crippen LogP contribution in [0.3, 0.4) is 0 Å². The number of hydrogen-bond donors (Lipinski definition) is 3. The topological polar surface area (TPSA) is 79.5 Å². The maximum Gasteiger partial charge on any atom is 0.257 e. The first-order chi connectivity index (χ1) is 17.6. The molecule has 36 heavy (non-hydrogen) atoms. The lowest BCUT2D eigenvalue weighted by Crippen LogP contribution is -2.49. The van der Waals surface area contributed by atoms with Gasteiger partial charge in [0.05, 0.1) is 12.5 Å². The molecule has 0 radical (unpaired) electrons. The Hall–Kier alpha value is -3.71. The normalized spacial score (nSPS) is 10.5. The average molecular weight is 504 g/mol. The van der Waals surface area contributed by atoms with E-state index in [2.05, 4.69) is 23.1 Å². The molecule has 3 aromatic rings. The monoisotopic (exact) mass is 503 g/mol. The number of rotatable bonds is 11. The van der Waals surface area contributed by atoms with Crippen LogP contribution in [0.5, 0.6) is 5.75 Å². The van der Waals surface area contributed by atoms with Crippen LogP contribution < -0.4 is 20.9 Å². The first-order valence-electron chi connectivity index (χ1n) is 12.3. The number of carbonyl (C=O) groups is 2. The molecule has 0 bridgehead atoms. The standard InChI is InChI=1S/C29H33N3O3S/c1-2-3-4-5-12-21-35-25-19-17-24(18-20-25)27(33)30-29(36)32-31-28(34)26(22-13-8-6-9-14-22)23-15-10-7-11-16-23/h6-11,13-20,26H,2-5,12,21H2,1H3,(H,31,34)(H2,30,32,33,36). The van der Waals surface area contributed by atoms with Crippen molar-refractivity contribution in [2.45, 2.75) is 44.9 Å². The second-order valence-corrected chi connectivity index (χ2v) is 8.85. The maximum absolute atomic E-state index is 13.0. The summed E-state index contributed by atoms with van der Waals surface area (Å²) in [5.74, 6) is -0.476. The molecule has 0 heterocycles. The summed E-state index contributed by atoms with van der Waals surface area (Å²) < 4.78 is 5.74. The highest BCUT2D eigenvalue weighted by Gasteiger charge is 2.22. The van der Waals surface area contributed by atoms with Crippen LogP contribution in [0.25, 0.3) is 0 Å². The Labute approximate surface area is 218 Å². The quantitative estimate of drug-likeness (QED) is 0.183. The molecule has 0 unspecified atom stereocenters. The van der Waals surface area contributed by atoms with E-state index in [0.29, 0.717) is 12.2 Å². The lowest BCUT2D eigenvalue weighted by atomic mass is 9.91. The Morgan fingerprint density at radius 2 is 1.36 bits per heavy atom. The average Bonchev–Trinajstić information content (AvgIpc) is 2.91. The lowest BCUT2D eigenvalue weighted by Gasteiger charge is -2.19. The summed E-state index contributed by atoms with van der Waals surface area (Å²) in [5.41, 5.74) is 7.39. The van der Waals surface area contributed by atoms with Crippen molar-refractivity contribution in [2.24, 2.45) is 0 Å². The summed E-state index contributed by atoms with van der Waals surface area (Å²) in [5, 5.41) is 2.59. The van der Waals surface area contributed by atoms with Crippen LogP contribution in [0.15, 0.2) is 84.9 Å². The van der Waals surface area contributed by atoms with Gasteiger partial charge in [0.25, 0.3) is 5.91 Å². The zero-order chi connectivity index (χ0) is 25.6. The van der Waals surface area contributed by atoms with Crippen molar-refractivity contribution < 1.29 is 14.3 Å². The Bertz CT molecular complexity index is 1070. The molecule has 0 saturated carbocycles. The van der Waals surface area contributed by atoms with Gasteiger partial charge in [-0.3, -0.25) is 25.8 Å². The van der Waals surface area contributed by atoms with Gasteiger partial charge in [-0.15, -0.1) is 0 Å². The molecular weight excluding hydrogens is 470 g/mol. The minimum atomic E-state index is -0.530. The first kappa shape index (κ1) is 26.9. The molecule has 0 aliphatic rings. The molecule has 0 fully saturated rings. The summed E-state index contributed by atoms with van der Waals surface area (Å²) >= 11 is 5.21. The third kappa shape index (κ3) is 8.50. The fraction of sp³-hybridized carbons (Fsp3) is 0.276. The van der Waals surface area contributed by atoms with E-state index in [-0.39, 0.29) is 16.9 Å². The molecule has 3 aromatic carbocycles. The Morgan fingerprint density at radius 3 is 1.94 bits per heavy atom. The zero-order valence-electron chi connectivity index (χ0n) is 20.5. The van der Waals surface area contributed by atoms with E-state index in [9.17, 15) is 9.59 Å². The van der Waals surface area contributed by atoms with E-state index in [1.54, 1.807) is 24.3 Å². The van der Waals surface area contributed by atoms with Crippen LogP contribution in [-0.2, 0) is 4.79 Å². The van der Waals surface area contributed by atoms with E-state index in [1.807, 2.05) is 60.7 Å². The number of carbonyl (C=O) groups excluding carboxylic acids is 2. The molecular formula is C29H33N3O3S. The first-order valence-corrected chi connectivity index (χ1v) is 12.7. The molecule has 0 spiro atoms. The molecule has 6 nitrogen and oxygen atoms in total. The van der Waals surface area contributed by atoms with Crippen LogP contribution in [0.4, 0.5) is 0 Å². The van der Waals surface area contributed by atoms with Crippen molar-refractivity contribution in [2.75, 3.05) is 6.61 Å². The fourth-order valence-electron chi connectivity index (χ4n) is 3.78. The number of benzene rings is 3. The molecule has 3 rings (SSSR count). The van der Waals surface area contributed by atoms with Crippen molar-refractivity contribution >= 4 is 29.1 Å². The van der Waals surface area contributed by atoms with E-state index < -0.39 is 5.92 Å². The molecule has 0 aliphatic heterocycles. The molecule has 7 heteroatoms. The predicted molar refractivity (Wildman–Crippen MR) is 147 cm³/mol.